The summed E-state index contributed by atoms with van der Waals surface area (Å²) in [6.07, 6.45) is 4.20. The lowest BCUT2D eigenvalue weighted by Gasteiger charge is -2.20. The van der Waals surface area contributed by atoms with Gasteiger partial charge in [-0.05, 0) is 62.2 Å². The van der Waals surface area contributed by atoms with Gasteiger partial charge in [-0.1, -0.05) is 30.5 Å². The molecule has 2 heterocycles. The third-order valence-electron chi connectivity index (χ3n) is 5.24. The third kappa shape index (κ3) is 4.72. The van der Waals surface area contributed by atoms with Crippen LogP contribution in [0.15, 0.2) is 62.9 Å². The average Bonchev–Trinajstić information content (AvgIpc) is 3.05. The molecule has 1 aliphatic heterocycles. The maximum absolute atomic E-state index is 13.5. The lowest BCUT2D eigenvalue weighted by atomic mass is 10.2. The van der Waals surface area contributed by atoms with Crippen molar-refractivity contribution in [1.82, 2.24) is 4.98 Å². The van der Waals surface area contributed by atoms with Gasteiger partial charge >= 0.3 is 0 Å². The van der Waals surface area contributed by atoms with Gasteiger partial charge in [-0.2, -0.15) is 4.98 Å². The Bertz CT molecular complexity index is 1130. The van der Waals surface area contributed by atoms with E-state index >= 15 is 0 Å². The fourth-order valence-electron chi connectivity index (χ4n) is 3.69. The first-order valence-electron chi connectivity index (χ1n) is 10.5. The predicted octanol–water partition coefficient (Wildman–Crippen LogP) is 5.61. The van der Waals surface area contributed by atoms with Crippen LogP contribution in [-0.2, 0) is 9.84 Å². The Balaban J connectivity index is 1.80. The standard InChI is InChI=1S/C23H25ClN2O4S/c1-2-29-19-10-12-20(13-11-19)31(27,28)22-23(26-14-5-3-4-6-15-26)30-21(25-22)17-8-7-9-18(24)16-17/h7-13,16H,2-6,14-15H2,1H3. The van der Waals surface area contributed by atoms with E-state index in [-0.39, 0.29) is 15.8 Å². The summed E-state index contributed by atoms with van der Waals surface area (Å²) in [6.45, 7) is 3.86. The summed E-state index contributed by atoms with van der Waals surface area (Å²) >= 11 is 6.13. The molecule has 6 nitrogen and oxygen atoms in total. The van der Waals surface area contributed by atoms with E-state index in [2.05, 4.69) is 4.98 Å². The molecule has 1 aromatic heterocycles. The van der Waals surface area contributed by atoms with Crippen molar-refractivity contribution in [2.45, 2.75) is 42.5 Å². The van der Waals surface area contributed by atoms with Crippen LogP contribution in [0.1, 0.15) is 32.6 Å². The van der Waals surface area contributed by atoms with Crippen molar-refractivity contribution in [1.29, 1.82) is 0 Å². The third-order valence-corrected chi connectivity index (χ3v) is 7.15. The number of hydrogen-bond acceptors (Lipinski definition) is 6. The molecule has 1 aliphatic rings. The molecule has 0 aliphatic carbocycles. The topological polar surface area (TPSA) is 72.6 Å². The highest BCUT2D eigenvalue weighted by Crippen LogP contribution is 2.36. The van der Waals surface area contributed by atoms with Gasteiger partial charge in [0.25, 0.3) is 0 Å². The van der Waals surface area contributed by atoms with E-state index in [1.54, 1.807) is 48.5 Å². The number of benzene rings is 2. The van der Waals surface area contributed by atoms with Gasteiger partial charge in [-0.25, -0.2) is 8.42 Å². The molecule has 0 N–H and O–H groups in total. The van der Waals surface area contributed by atoms with Crippen LogP contribution in [0.3, 0.4) is 0 Å². The quantitative estimate of drug-likeness (QED) is 0.476. The number of aromatic nitrogens is 1. The Hall–Kier alpha value is -2.51. The van der Waals surface area contributed by atoms with Gasteiger partial charge in [0.05, 0.1) is 11.5 Å². The van der Waals surface area contributed by atoms with E-state index in [1.807, 2.05) is 11.8 Å². The van der Waals surface area contributed by atoms with Gasteiger partial charge in [0.15, 0.2) is 0 Å². The van der Waals surface area contributed by atoms with Crippen molar-refractivity contribution >= 4 is 27.3 Å². The van der Waals surface area contributed by atoms with Crippen LogP contribution in [0.2, 0.25) is 5.02 Å². The lowest BCUT2D eigenvalue weighted by molar-refractivity contribution is 0.340. The molecule has 8 heteroatoms. The van der Waals surface area contributed by atoms with E-state index in [4.69, 9.17) is 20.8 Å². The Morgan fingerprint density at radius 1 is 1.06 bits per heavy atom. The van der Waals surface area contributed by atoms with Crippen LogP contribution < -0.4 is 9.64 Å². The first-order valence-corrected chi connectivity index (χ1v) is 12.3. The summed E-state index contributed by atoms with van der Waals surface area (Å²) in [4.78, 5) is 6.59. The van der Waals surface area contributed by atoms with Gasteiger partial charge < -0.3 is 14.1 Å². The summed E-state index contributed by atoms with van der Waals surface area (Å²) in [7, 11) is -3.89. The van der Waals surface area contributed by atoms with Gasteiger partial charge in [0, 0.05) is 23.7 Å². The average molecular weight is 461 g/mol. The van der Waals surface area contributed by atoms with Crippen molar-refractivity contribution in [3.8, 4) is 17.2 Å². The van der Waals surface area contributed by atoms with E-state index in [0.717, 1.165) is 38.8 Å². The monoisotopic (exact) mass is 460 g/mol. The number of rotatable bonds is 6. The first kappa shape index (κ1) is 21.7. The molecule has 0 spiro atoms. The van der Waals surface area contributed by atoms with Crippen LogP contribution in [0.5, 0.6) is 5.75 Å². The number of sulfone groups is 1. The Morgan fingerprint density at radius 3 is 2.42 bits per heavy atom. The Morgan fingerprint density at radius 2 is 1.77 bits per heavy atom. The molecule has 2 aromatic carbocycles. The van der Waals surface area contributed by atoms with E-state index in [9.17, 15) is 8.42 Å². The highest BCUT2D eigenvalue weighted by atomic mass is 35.5. The number of anilines is 1. The maximum atomic E-state index is 13.5. The smallest absolute Gasteiger partial charge is 0.236 e. The zero-order chi connectivity index (χ0) is 21.8. The van der Waals surface area contributed by atoms with Crippen molar-refractivity contribution < 1.29 is 17.6 Å². The zero-order valence-corrected chi connectivity index (χ0v) is 19.0. The Kier molecular flexibility index (Phi) is 6.53. The number of ether oxygens (including phenoxy) is 1. The van der Waals surface area contributed by atoms with Crippen molar-refractivity contribution in [2.75, 3.05) is 24.6 Å². The molecule has 0 unspecified atom stereocenters. The fraction of sp³-hybridized carbons (Fsp3) is 0.348. The van der Waals surface area contributed by atoms with Crippen LogP contribution in [0, 0.1) is 0 Å². The summed E-state index contributed by atoms with van der Waals surface area (Å²) < 4.78 is 38.6. The molecule has 31 heavy (non-hydrogen) atoms. The summed E-state index contributed by atoms with van der Waals surface area (Å²) in [5, 5.41) is 0.469. The molecule has 0 radical (unpaired) electrons. The van der Waals surface area contributed by atoms with Crippen LogP contribution in [-0.4, -0.2) is 33.1 Å². The number of halogens is 1. The summed E-state index contributed by atoms with van der Waals surface area (Å²) in [5.74, 6) is 1.16. The normalized spacial score (nSPS) is 15.0. The Labute approximate surface area is 187 Å². The van der Waals surface area contributed by atoms with Crippen molar-refractivity contribution in [3.63, 3.8) is 0 Å². The second kappa shape index (κ2) is 9.32. The second-order valence-corrected chi connectivity index (χ2v) is 9.75. The molecule has 3 aromatic rings. The first-order chi connectivity index (χ1) is 15.0. The van der Waals surface area contributed by atoms with Crippen LogP contribution in [0.25, 0.3) is 11.5 Å². The van der Waals surface area contributed by atoms with E-state index in [1.165, 1.54) is 0 Å². The molecule has 0 atom stereocenters. The number of hydrogen-bond donors (Lipinski definition) is 0. The van der Waals surface area contributed by atoms with E-state index < -0.39 is 9.84 Å². The number of oxazole rings is 1. The molecule has 0 saturated carbocycles. The second-order valence-electron chi connectivity index (χ2n) is 7.45. The van der Waals surface area contributed by atoms with Crippen molar-refractivity contribution in [2.24, 2.45) is 0 Å². The van der Waals surface area contributed by atoms with Crippen molar-refractivity contribution in [3.05, 3.63) is 53.6 Å². The molecular weight excluding hydrogens is 436 g/mol. The molecule has 0 bridgehead atoms. The van der Waals surface area contributed by atoms with Gasteiger partial charge in [-0.15, -0.1) is 0 Å². The largest absolute Gasteiger partial charge is 0.494 e. The molecule has 4 rings (SSSR count). The zero-order valence-electron chi connectivity index (χ0n) is 17.4. The molecule has 1 fully saturated rings. The molecule has 0 amide bonds. The summed E-state index contributed by atoms with van der Waals surface area (Å²) in [6, 6.07) is 13.4. The highest BCUT2D eigenvalue weighted by molar-refractivity contribution is 7.91. The SMILES string of the molecule is CCOc1ccc(S(=O)(=O)c2nc(-c3cccc(Cl)c3)oc2N2CCCCCC2)cc1. The minimum absolute atomic E-state index is 0.0615. The lowest BCUT2D eigenvalue weighted by Crippen LogP contribution is -2.25. The molecular formula is C23H25ClN2O4S. The van der Waals surface area contributed by atoms with Gasteiger partial charge in [-0.3, -0.25) is 0 Å². The predicted molar refractivity (Wildman–Crippen MR) is 121 cm³/mol. The van der Waals surface area contributed by atoms with Crippen LogP contribution >= 0.6 is 11.6 Å². The van der Waals surface area contributed by atoms with Gasteiger partial charge in [0.1, 0.15) is 5.75 Å². The minimum atomic E-state index is -3.89. The molecule has 1 saturated heterocycles. The minimum Gasteiger partial charge on any atom is -0.494 e. The van der Waals surface area contributed by atoms with E-state index in [0.29, 0.717) is 28.8 Å². The maximum Gasteiger partial charge on any atom is 0.236 e. The summed E-state index contributed by atoms with van der Waals surface area (Å²) in [5.41, 5.74) is 0.636. The molecule has 164 valence electrons. The van der Waals surface area contributed by atoms with Gasteiger partial charge in [0.2, 0.25) is 26.6 Å². The fourth-order valence-corrected chi connectivity index (χ4v) is 5.20. The highest BCUT2D eigenvalue weighted by Gasteiger charge is 2.31. The van der Waals surface area contributed by atoms with Crippen LogP contribution in [0.4, 0.5) is 5.88 Å². The number of nitrogens with zero attached hydrogens (tertiary/aromatic N) is 2.